The molecule has 0 N–H and O–H groups in total. The molecule has 140 valence electrons. The molecule has 0 amide bonds. The average molecular weight is 430 g/mol. The molecule has 4 rings (SSSR count). The predicted octanol–water partition coefficient (Wildman–Crippen LogP) is 3.96. The van der Waals surface area contributed by atoms with Crippen LogP contribution < -0.4 is 0 Å². The van der Waals surface area contributed by atoms with Gasteiger partial charge < -0.3 is 9.15 Å². The summed E-state index contributed by atoms with van der Waals surface area (Å²) in [5.41, 5.74) is 4.35. The Balaban J connectivity index is 1.55. The summed E-state index contributed by atoms with van der Waals surface area (Å²) in [6.07, 6.45) is 2.65. The Kier molecular flexibility index (Phi) is 4.97. The van der Waals surface area contributed by atoms with Crippen LogP contribution in [0.2, 0.25) is 0 Å². The highest BCUT2D eigenvalue weighted by atomic mass is 79.9. The van der Waals surface area contributed by atoms with Gasteiger partial charge in [0.2, 0.25) is 11.6 Å². The molecule has 1 aliphatic heterocycles. The first kappa shape index (κ1) is 18.1. The lowest BCUT2D eigenvalue weighted by Gasteiger charge is -2.15. The van der Waals surface area contributed by atoms with Crippen molar-refractivity contribution in [3.8, 4) is 11.5 Å². The quantitative estimate of drug-likeness (QED) is 0.584. The second-order valence-electron chi connectivity index (χ2n) is 6.84. The number of methoxy groups -OCH3 is 1. The van der Waals surface area contributed by atoms with Crippen LogP contribution in [0.4, 0.5) is 0 Å². The van der Waals surface area contributed by atoms with Crippen LogP contribution in [0.1, 0.15) is 17.5 Å². The van der Waals surface area contributed by atoms with E-state index in [0.717, 1.165) is 46.2 Å². The number of ether oxygens (including phenoxy) is 1. The molecule has 0 spiro atoms. The molecule has 0 saturated carbocycles. The summed E-state index contributed by atoms with van der Waals surface area (Å²) in [6, 6.07) is 7.96. The van der Waals surface area contributed by atoms with Crippen LogP contribution in [0.15, 0.2) is 39.4 Å². The van der Waals surface area contributed by atoms with Crippen LogP contribution in [-0.4, -0.2) is 41.0 Å². The molecule has 0 aliphatic carbocycles. The first-order valence-electron chi connectivity index (χ1n) is 8.86. The molecule has 1 fully saturated rings. The lowest BCUT2D eigenvalue weighted by atomic mass is 10.1. The molecule has 0 unspecified atom stereocenters. The number of rotatable bonds is 4. The van der Waals surface area contributed by atoms with Gasteiger partial charge in [0.15, 0.2) is 0 Å². The minimum atomic E-state index is -0.128. The minimum Gasteiger partial charge on any atom is -0.469 e. The van der Waals surface area contributed by atoms with Crippen molar-refractivity contribution in [3.05, 3.63) is 46.1 Å². The second kappa shape index (κ2) is 7.40. The van der Waals surface area contributed by atoms with Crippen LogP contribution in [0.3, 0.4) is 0 Å². The molecule has 0 bridgehead atoms. The van der Waals surface area contributed by atoms with Crippen molar-refractivity contribution in [3.63, 3.8) is 0 Å². The van der Waals surface area contributed by atoms with E-state index >= 15 is 0 Å². The largest absolute Gasteiger partial charge is 0.469 e. The summed E-state index contributed by atoms with van der Waals surface area (Å²) in [5.74, 6) is 0.404. The third-order valence-electron chi connectivity index (χ3n) is 5.02. The van der Waals surface area contributed by atoms with E-state index in [0.29, 0.717) is 18.1 Å². The number of carbonyl (C=O) groups excluding carboxylic acids is 1. The van der Waals surface area contributed by atoms with Crippen molar-refractivity contribution in [2.45, 2.75) is 19.9 Å². The number of carbonyl (C=O) groups is 1. The molecule has 2 aromatic heterocycles. The lowest BCUT2D eigenvalue weighted by molar-refractivity contribution is -0.144. The van der Waals surface area contributed by atoms with E-state index in [9.17, 15) is 4.79 Å². The summed E-state index contributed by atoms with van der Waals surface area (Å²) < 4.78 is 11.7. The number of pyridine rings is 1. The first-order chi connectivity index (χ1) is 13.0. The van der Waals surface area contributed by atoms with E-state index in [2.05, 4.69) is 30.8 Å². The third-order valence-corrected chi connectivity index (χ3v) is 5.87. The molecule has 6 nitrogen and oxygen atoms in total. The van der Waals surface area contributed by atoms with Gasteiger partial charge in [-0.15, -0.1) is 0 Å². The van der Waals surface area contributed by atoms with Crippen molar-refractivity contribution < 1.29 is 13.9 Å². The van der Waals surface area contributed by atoms with Gasteiger partial charge in [-0.1, -0.05) is 22.0 Å². The van der Waals surface area contributed by atoms with Crippen LogP contribution in [0, 0.1) is 12.8 Å². The van der Waals surface area contributed by atoms with Gasteiger partial charge in [0, 0.05) is 29.3 Å². The third kappa shape index (κ3) is 3.61. The van der Waals surface area contributed by atoms with Gasteiger partial charge in [-0.05, 0) is 49.2 Å². The molecular formula is C20H20BrN3O3. The molecule has 7 heteroatoms. The number of fused-ring (bicyclic) bond motifs is 1. The van der Waals surface area contributed by atoms with Crippen LogP contribution >= 0.6 is 15.9 Å². The second-order valence-corrected chi connectivity index (χ2v) is 7.70. The maximum absolute atomic E-state index is 11.7. The van der Waals surface area contributed by atoms with Gasteiger partial charge in [0.05, 0.1) is 13.0 Å². The Labute approximate surface area is 165 Å². The molecule has 1 atom stereocenters. The van der Waals surface area contributed by atoms with E-state index in [-0.39, 0.29) is 11.9 Å². The minimum absolute atomic E-state index is 0.0372. The fraction of sp³-hybridized carbons (Fsp3) is 0.350. The molecule has 1 aromatic carbocycles. The number of likely N-dealkylation sites (tertiary alicyclic amines) is 1. The standard InChI is InChI=1S/C20H20BrN3O3/c1-12-15(4-3-5-16(12)21)18-23-17-8-13(9-22-19(17)27-18)10-24-7-6-14(11-24)20(25)26-2/h3-5,8-9,14H,6-7,10-11H2,1-2H3/t14-/m1/s1. The van der Waals surface area contributed by atoms with Gasteiger partial charge in [0.1, 0.15) is 5.52 Å². The predicted molar refractivity (Wildman–Crippen MR) is 105 cm³/mol. The Hall–Kier alpha value is -2.25. The zero-order valence-electron chi connectivity index (χ0n) is 15.2. The number of nitrogens with zero attached hydrogens (tertiary/aromatic N) is 3. The monoisotopic (exact) mass is 429 g/mol. The van der Waals surface area contributed by atoms with Gasteiger partial charge in [-0.25, -0.2) is 9.97 Å². The number of hydrogen-bond acceptors (Lipinski definition) is 6. The Morgan fingerprint density at radius 3 is 3.11 bits per heavy atom. The Morgan fingerprint density at radius 2 is 2.30 bits per heavy atom. The highest BCUT2D eigenvalue weighted by Crippen LogP contribution is 2.30. The molecule has 3 aromatic rings. The summed E-state index contributed by atoms with van der Waals surface area (Å²) in [6.45, 7) is 4.35. The number of halogens is 1. The fourth-order valence-corrected chi connectivity index (χ4v) is 3.87. The van der Waals surface area contributed by atoms with E-state index in [1.165, 1.54) is 7.11 Å². The summed E-state index contributed by atoms with van der Waals surface area (Å²) >= 11 is 3.54. The van der Waals surface area contributed by atoms with Gasteiger partial charge >= 0.3 is 5.97 Å². The summed E-state index contributed by atoms with van der Waals surface area (Å²) in [7, 11) is 1.44. The number of aromatic nitrogens is 2. The topological polar surface area (TPSA) is 68.5 Å². The molecule has 0 radical (unpaired) electrons. The van der Waals surface area contributed by atoms with E-state index in [4.69, 9.17) is 9.15 Å². The molecule has 1 aliphatic rings. The van der Waals surface area contributed by atoms with Crippen LogP contribution in [-0.2, 0) is 16.1 Å². The average Bonchev–Trinajstić information content (AvgIpc) is 3.30. The van der Waals surface area contributed by atoms with Gasteiger partial charge in [-0.3, -0.25) is 9.69 Å². The fourth-order valence-electron chi connectivity index (χ4n) is 3.50. The van der Waals surface area contributed by atoms with E-state index in [1.54, 1.807) is 0 Å². The van der Waals surface area contributed by atoms with Gasteiger partial charge in [-0.2, -0.15) is 0 Å². The maximum Gasteiger partial charge on any atom is 0.310 e. The van der Waals surface area contributed by atoms with Crippen LogP contribution in [0.5, 0.6) is 0 Å². The van der Waals surface area contributed by atoms with Crippen molar-refractivity contribution in [2.24, 2.45) is 5.92 Å². The number of hydrogen-bond donors (Lipinski definition) is 0. The Bertz CT molecular complexity index is 1000. The number of benzene rings is 1. The normalized spacial score (nSPS) is 17.5. The highest BCUT2D eigenvalue weighted by molar-refractivity contribution is 9.10. The lowest BCUT2D eigenvalue weighted by Crippen LogP contribution is -2.23. The van der Waals surface area contributed by atoms with Crippen molar-refractivity contribution in [1.82, 2.24) is 14.9 Å². The van der Waals surface area contributed by atoms with Gasteiger partial charge in [0.25, 0.3) is 0 Å². The summed E-state index contributed by atoms with van der Waals surface area (Å²) in [4.78, 5) is 23.0. The SMILES string of the molecule is COC(=O)[C@@H]1CCN(Cc2cnc3oc(-c4cccc(Br)c4C)nc3c2)C1. The zero-order chi connectivity index (χ0) is 19.0. The first-order valence-corrected chi connectivity index (χ1v) is 9.65. The van der Waals surface area contributed by atoms with Crippen molar-refractivity contribution >= 4 is 33.1 Å². The smallest absolute Gasteiger partial charge is 0.310 e. The number of oxazole rings is 1. The highest BCUT2D eigenvalue weighted by Gasteiger charge is 2.29. The molecule has 1 saturated heterocycles. The van der Waals surface area contributed by atoms with Crippen molar-refractivity contribution in [2.75, 3.05) is 20.2 Å². The Morgan fingerprint density at radius 1 is 1.44 bits per heavy atom. The maximum atomic E-state index is 11.7. The zero-order valence-corrected chi connectivity index (χ0v) is 16.8. The van der Waals surface area contributed by atoms with E-state index in [1.807, 2.05) is 37.4 Å². The van der Waals surface area contributed by atoms with Crippen LogP contribution in [0.25, 0.3) is 22.7 Å². The number of esters is 1. The van der Waals surface area contributed by atoms with Crippen molar-refractivity contribution in [1.29, 1.82) is 0 Å². The molecule has 3 heterocycles. The molecular weight excluding hydrogens is 410 g/mol. The molecule has 27 heavy (non-hydrogen) atoms. The summed E-state index contributed by atoms with van der Waals surface area (Å²) in [5, 5.41) is 0. The van der Waals surface area contributed by atoms with E-state index < -0.39 is 0 Å².